The van der Waals surface area contributed by atoms with Crippen LogP contribution in [0.3, 0.4) is 0 Å². The van der Waals surface area contributed by atoms with E-state index >= 15 is 0 Å². The summed E-state index contributed by atoms with van der Waals surface area (Å²) < 4.78 is 40.9. The van der Waals surface area contributed by atoms with Gasteiger partial charge >= 0.3 is 0 Å². The maximum Gasteiger partial charge on any atom is 0.243 e. The zero-order valence-electron chi connectivity index (χ0n) is 15.9. The highest BCUT2D eigenvalue weighted by Crippen LogP contribution is 2.25. The minimum absolute atomic E-state index is 0.0410. The van der Waals surface area contributed by atoms with Crippen LogP contribution < -0.4 is 9.80 Å². The fourth-order valence-electron chi connectivity index (χ4n) is 3.78. The molecule has 0 radical (unpaired) electrons. The first kappa shape index (κ1) is 19.1. The average Bonchev–Trinajstić information content (AvgIpc) is 3.25. The quantitative estimate of drug-likeness (QED) is 0.775. The van der Waals surface area contributed by atoms with Crippen molar-refractivity contribution in [3.05, 3.63) is 42.0 Å². The number of aryl methyl sites for hydroxylation is 1. The standard InChI is InChI=1S/C19H24FN5O2S/c1-15-4-5-16(20)12-17(15)28(26,27)25-10-8-24(9-11-25)19-13-18(21-14-22-19)23-6-2-3-7-23/h4-5,12-14H,2-3,6-11H2,1H3. The fourth-order valence-corrected chi connectivity index (χ4v) is 5.44. The summed E-state index contributed by atoms with van der Waals surface area (Å²) in [4.78, 5) is 13.1. The predicted octanol–water partition coefficient (Wildman–Crippen LogP) is 2.04. The maximum atomic E-state index is 13.6. The van der Waals surface area contributed by atoms with Crippen molar-refractivity contribution in [2.45, 2.75) is 24.7 Å². The molecule has 7 nitrogen and oxygen atoms in total. The first-order chi connectivity index (χ1) is 13.4. The lowest BCUT2D eigenvalue weighted by atomic mass is 10.2. The second kappa shape index (κ2) is 7.63. The molecule has 0 unspecified atom stereocenters. The molecular formula is C19H24FN5O2S. The molecule has 0 atom stereocenters. The number of rotatable bonds is 4. The molecule has 0 N–H and O–H groups in total. The van der Waals surface area contributed by atoms with Crippen molar-refractivity contribution in [2.24, 2.45) is 0 Å². The van der Waals surface area contributed by atoms with Gasteiger partial charge in [-0.15, -0.1) is 0 Å². The summed E-state index contributed by atoms with van der Waals surface area (Å²) in [7, 11) is -3.72. The van der Waals surface area contributed by atoms with Crippen LogP contribution in [0.5, 0.6) is 0 Å². The number of anilines is 2. The molecule has 0 spiro atoms. The maximum absolute atomic E-state index is 13.6. The lowest BCUT2D eigenvalue weighted by Gasteiger charge is -2.35. The highest BCUT2D eigenvalue weighted by molar-refractivity contribution is 7.89. The molecule has 2 aromatic rings. The van der Waals surface area contributed by atoms with Gasteiger partial charge in [0.1, 0.15) is 23.8 Å². The molecule has 2 saturated heterocycles. The molecule has 3 heterocycles. The topological polar surface area (TPSA) is 69.6 Å². The van der Waals surface area contributed by atoms with Gasteiger partial charge in [-0.1, -0.05) is 6.07 Å². The molecule has 1 aromatic heterocycles. The molecule has 2 aliphatic rings. The van der Waals surface area contributed by atoms with Crippen LogP contribution in [0.15, 0.2) is 35.5 Å². The van der Waals surface area contributed by atoms with Crippen LogP contribution in [0.2, 0.25) is 0 Å². The van der Waals surface area contributed by atoms with E-state index in [1.807, 2.05) is 6.07 Å². The van der Waals surface area contributed by atoms with Gasteiger partial charge < -0.3 is 9.80 Å². The second-order valence-corrected chi connectivity index (χ2v) is 9.14. The van der Waals surface area contributed by atoms with E-state index in [4.69, 9.17) is 0 Å². The minimum Gasteiger partial charge on any atom is -0.356 e. The van der Waals surface area contributed by atoms with Crippen molar-refractivity contribution < 1.29 is 12.8 Å². The van der Waals surface area contributed by atoms with E-state index in [0.717, 1.165) is 30.8 Å². The Labute approximate surface area is 164 Å². The first-order valence-corrected chi connectivity index (χ1v) is 11.0. The van der Waals surface area contributed by atoms with E-state index in [9.17, 15) is 12.8 Å². The Bertz CT molecular complexity index is 955. The Kier molecular flexibility index (Phi) is 5.20. The molecule has 28 heavy (non-hydrogen) atoms. The summed E-state index contributed by atoms with van der Waals surface area (Å²) in [5.74, 6) is 1.20. The van der Waals surface area contributed by atoms with Gasteiger partial charge in [0.05, 0.1) is 4.90 Å². The summed E-state index contributed by atoms with van der Waals surface area (Å²) in [6.45, 7) is 5.44. The van der Waals surface area contributed by atoms with Crippen molar-refractivity contribution in [3.8, 4) is 0 Å². The van der Waals surface area contributed by atoms with Gasteiger partial charge in [-0.3, -0.25) is 0 Å². The number of hydrogen-bond donors (Lipinski definition) is 0. The number of halogens is 1. The monoisotopic (exact) mass is 405 g/mol. The van der Waals surface area contributed by atoms with Gasteiger partial charge in [0.2, 0.25) is 10.0 Å². The molecule has 2 aliphatic heterocycles. The zero-order chi connectivity index (χ0) is 19.7. The summed E-state index contributed by atoms with van der Waals surface area (Å²) in [5, 5.41) is 0. The van der Waals surface area contributed by atoms with Crippen LogP contribution in [0.4, 0.5) is 16.0 Å². The number of benzene rings is 1. The van der Waals surface area contributed by atoms with Crippen LogP contribution >= 0.6 is 0 Å². The zero-order valence-corrected chi connectivity index (χ0v) is 16.7. The Morgan fingerprint density at radius 1 is 0.893 bits per heavy atom. The molecule has 1 aromatic carbocycles. The average molecular weight is 405 g/mol. The first-order valence-electron chi connectivity index (χ1n) is 9.53. The molecule has 9 heteroatoms. The largest absolute Gasteiger partial charge is 0.356 e. The van der Waals surface area contributed by atoms with E-state index in [1.54, 1.807) is 13.3 Å². The molecule has 0 bridgehead atoms. The Balaban J connectivity index is 1.47. The van der Waals surface area contributed by atoms with Crippen molar-refractivity contribution >= 4 is 21.7 Å². The van der Waals surface area contributed by atoms with Gasteiger partial charge in [0.25, 0.3) is 0 Å². The lowest BCUT2D eigenvalue weighted by molar-refractivity contribution is 0.383. The van der Waals surface area contributed by atoms with Crippen LogP contribution in [0.25, 0.3) is 0 Å². The van der Waals surface area contributed by atoms with Gasteiger partial charge in [0, 0.05) is 45.3 Å². The Morgan fingerprint density at radius 3 is 2.14 bits per heavy atom. The molecule has 2 fully saturated rings. The smallest absolute Gasteiger partial charge is 0.243 e. The Morgan fingerprint density at radius 2 is 1.50 bits per heavy atom. The lowest BCUT2D eigenvalue weighted by Crippen LogP contribution is -2.49. The van der Waals surface area contributed by atoms with Crippen molar-refractivity contribution in [1.29, 1.82) is 0 Å². The molecular weight excluding hydrogens is 381 g/mol. The van der Waals surface area contributed by atoms with E-state index in [-0.39, 0.29) is 4.90 Å². The highest BCUT2D eigenvalue weighted by atomic mass is 32.2. The molecule has 0 aliphatic carbocycles. The van der Waals surface area contributed by atoms with E-state index in [2.05, 4.69) is 19.8 Å². The molecule has 4 rings (SSSR count). The van der Waals surface area contributed by atoms with Gasteiger partial charge in [-0.2, -0.15) is 4.31 Å². The summed E-state index contributed by atoms with van der Waals surface area (Å²) in [5.41, 5.74) is 0.551. The van der Waals surface area contributed by atoms with Crippen molar-refractivity contribution in [2.75, 3.05) is 49.1 Å². The van der Waals surface area contributed by atoms with E-state index in [1.165, 1.54) is 29.3 Å². The number of piperazine rings is 1. The predicted molar refractivity (Wildman–Crippen MR) is 106 cm³/mol. The van der Waals surface area contributed by atoms with Crippen LogP contribution in [-0.2, 0) is 10.0 Å². The molecule has 0 saturated carbocycles. The van der Waals surface area contributed by atoms with Gasteiger partial charge in [-0.05, 0) is 37.5 Å². The Hall–Kier alpha value is -2.26. The fraction of sp³-hybridized carbons (Fsp3) is 0.474. The van der Waals surface area contributed by atoms with Crippen molar-refractivity contribution in [1.82, 2.24) is 14.3 Å². The van der Waals surface area contributed by atoms with Gasteiger partial charge in [-0.25, -0.2) is 22.8 Å². The van der Waals surface area contributed by atoms with E-state index in [0.29, 0.717) is 31.7 Å². The minimum atomic E-state index is -3.72. The third kappa shape index (κ3) is 3.68. The van der Waals surface area contributed by atoms with Gasteiger partial charge in [0.15, 0.2) is 0 Å². The van der Waals surface area contributed by atoms with E-state index < -0.39 is 15.8 Å². The normalized spacial score (nSPS) is 18.6. The van der Waals surface area contributed by atoms with Crippen molar-refractivity contribution in [3.63, 3.8) is 0 Å². The van der Waals surface area contributed by atoms with Crippen LogP contribution in [0.1, 0.15) is 18.4 Å². The summed E-state index contributed by atoms with van der Waals surface area (Å²) in [6, 6.07) is 5.86. The van der Waals surface area contributed by atoms with Crippen LogP contribution in [-0.4, -0.2) is 62.0 Å². The number of sulfonamides is 1. The third-order valence-corrected chi connectivity index (χ3v) is 7.44. The third-order valence-electron chi connectivity index (χ3n) is 5.40. The summed E-state index contributed by atoms with van der Waals surface area (Å²) in [6.07, 6.45) is 3.92. The summed E-state index contributed by atoms with van der Waals surface area (Å²) >= 11 is 0. The second-order valence-electron chi connectivity index (χ2n) is 7.23. The SMILES string of the molecule is Cc1ccc(F)cc1S(=O)(=O)N1CCN(c2cc(N3CCCC3)ncn2)CC1. The number of nitrogens with zero attached hydrogens (tertiary/aromatic N) is 5. The van der Waals surface area contributed by atoms with Crippen LogP contribution in [0, 0.1) is 12.7 Å². The number of hydrogen-bond acceptors (Lipinski definition) is 6. The molecule has 0 amide bonds. The highest BCUT2D eigenvalue weighted by Gasteiger charge is 2.30. The molecule has 150 valence electrons. The number of aromatic nitrogens is 2.